The van der Waals surface area contributed by atoms with Crippen LogP contribution in [0.2, 0.25) is 0 Å². The van der Waals surface area contributed by atoms with Crippen LogP contribution in [-0.2, 0) is 13.0 Å². The van der Waals surface area contributed by atoms with E-state index in [0.717, 1.165) is 24.9 Å². The molecule has 1 fully saturated rings. The summed E-state index contributed by atoms with van der Waals surface area (Å²) >= 11 is 0. The smallest absolute Gasteiger partial charge is 0.317 e. The Labute approximate surface area is 168 Å². The highest BCUT2D eigenvalue weighted by atomic mass is 19.1. The van der Waals surface area contributed by atoms with Gasteiger partial charge < -0.3 is 14.7 Å². The third-order valence-corrected chi connectivity index (χ3v) is 4.99. The number of halogens is 1. The van der Waals surface area contributed by atoms with Gasteiger partial charge in [0.25, 0.3) is 5.89 Å². The number of likely N-dealkylation sites (tertiary alicyclic amines) is 1. The second kappa shape index (κ2) is 8.81. The largest absolute Gasteiger partial charge is 0.334 e. The van der Waals surface area contributed by atoms with Crippen LogP contribution < -0.4 is 5.32 Å². The van der Waals surface area contributed by atoms with Gasteiger partial charge in [-0.15, -0.1) is 0 Å². The maximum atomic E-state index is 13.0. The monoisotopic (exact) mass is 395 g/mol. The topological polar surface area (TPSA) is 84.2 Å². The van der Waals surface area contributed by atoms with Gasteiger partial charge in [-0.3, -0.25) is 4.98 Å². The quantitative estimate of drug-likeness (QED) is 0.715. The highest BCUT2D eigenvalue weighted by molar-refractivity contribution is 5.74. The summed E-state index contributed by atoms with van der Waals surface area (Å²) in [5.41, 5.74) is 1.51. The fourth-order valence-corrected chi connectivity index (χ4v) is 3.50. The first kappa shape index (κ1) is 19.0. The van der Waals surface area contributed by atoms with Crippen molar-refractivity contribution >= 4 is 6.03 Å². The molecule has 3 aromatic rings. The van der Waals surface area contributed by atoms with Crippen molar-refractivity contribution in [3.63, 3.8) is 0 Å². The Kier molecular flexibility index (Phi) is 5.79. The molecule has 29 heavy (non-hydrogen) atoms. The fourth-order valence-electron chi connectivity index (χ4n) is 3.50. The summed E-state index contributed by atoms with van der Waals surface area (Å²) in [4.78, 5) is 23.0. The van der Waals surface area contributed by atoms with Crippen molar-refractivity contribution in [2.45, 2.75) is 25.8 Å². The van der Waals surface area contributed by atoms with E-state index in [1.54, 1.807) is 18.3 Å². The number of piperidine rings is 1. The first-order chi connectivity index (χ1) is 14.2. The van der Waals surface area contributed by atoms with Gasteiger partial charge >= 0.3 is 6.03 Å². The normalized spacial score (nSPS) is 16.6. The Balaban J connectivity index is 1.30. The number of nitrogens with zero attached hydrogens (tertiary/aromatic N) is 4. The highest BCUT2D eigenvalue weighted by Gasteiger charge is 2.25. The average molecular weight is 395 g/mol. The number of carbonyl (C=O) groups excluding carboxylic acids is 1. The summed E-state index contributed by atoms with van der Waals surface area (Å²) in [6.07, 6.45) is 4.27. The molecule has 150 valence electrons. The van der Waals surface area contributed by atoms with Crippen LogP contribution in [0.1, 0.15) is 24.2 Å². The molecule has 0 spiro atoms. The molecule has 0 saturated carbocycles. The van der Waals surface area contributed by atoms with Gasteiger partial charge in [0.2, 0.25) is 0 Å². The van der Waals surface area contributed by atoms with Gasteiger partial charge in [0.05, 0.1) is 0 Å². The molecule has 1 aliphatic heterocycles. The van der Waals surface area contributed by atoms with Crippen LogP contribution in [0.5, 0.6) is 0 Å². The van der Waals surface area contributed by atoms with Crippen LogP contribution >= 0.6 is 0 Å². The maximum Gasteiger partial charge on any atom is 0.317 e. The predicted octanol–water partition coefficient (Wildman–Crippen LogP) is 3.44. The summed E-state index contributed by atoms with van der Waals surface area (Å²) < 4.78 is 18.3. The molecule has 2 aromatic heterocycles. The van der Waals surface area contributed by atoms with Crippen molar-refractivity contribution < 1.29 is 13.7 Å². The van der Waals surface area contributed by atoms with Gasteiger partial charge in [-0.2, -0.15) is 4.98 Å². The number of benzene rings is 1. The van der Waals surface area contributed by atoms with Crippen molar-refractivity contribution in [1.82, 2.24) is 25.3 Å². The van der Waals surface area contributed by atoms with E-state index in [0.29, 0.717) is 36.9 Å². The van der Waals surface area contributed by atoms with Crippen LogP contribution in [0.15, 0.2) is 53.2 Å². The minimum atomic E-state index is -0.286. The Bertz CT molecular complexity index is 945. The van der Waals surface area contributed by atoms with E-state index in [1.807, 2.05) is 23.1 Å². The summed E-state index contributed by atoms with van der Waals surface area (Å²) in [5, 5.41) is 6.97. The van der Waals surface area contributed by atoms with Gasteiger partial charge in [0.1, 0.15) is 11.5 Å². The molecule has 1 unspecified atom stereocenters. The van der Waals surface area contributed by atoms with Crippen molar-refractivity contribution in [2.75, 3.05) is 13.1 Å². The van der Waals surface area contributed by atoms with E-state index in [2.05, 4.69) is 20.4 Å². The number of amides is 2. The average Bonchev–Trinajstić information content (AvgIpc) is 3.22. The molecule has 1 aromatic carbocycles. The number of aromatic nitrogens is 3. The van der Waals surface area contributed by atoms with Gasteiger partial charge in [0, 0.05) is 32.3 Å². The minimum Gasteiger partial charge on any atom is -0.334 e. The number of rotatable bonds is 5. The van der Waals surface area contributed by atoms with Crippen LogP contribution in [-0.4, -0.2) is 39.1 Å². The van der Waals surface area contributed by atoms with E-state index < -0.39 is 0 Å². The van der Waals surface area contributed by atoms with E-state index >= 15 is 0 Å². The molecule has 4 rings (SSSR count). The lowest BCUT2D eigenvalue weighted by molar-refractivity contribution is 0.164. The predicted molar refractivity (Wildman–Crippen MR) is 104 cm³/mol. The van der Waals surface area contributed by atoms with Crippen molar-refractivity contribution in [2.24, 2.45) is 5.92 Å². The summed E-state index contributed by atoms with van der Waals surface area (Å²) in [5.74, 6) is 1.02. The Morgan fingerprint density at radius 2 is 2.10 bits per heavy atom. The number of carbonyl (C=O) groups is 1. The van der Waals surface area contributed by atoms with Gasteiger partial charge in [-0.05, 0) is 48.6 Å². The Hall–Kier alpha value is -3.29. The molecular formula is C21H22FN5O2. The van der Waals surface area contributed by atoms with E-state index in [9.17, 15) is 9.18 Å². The summed E-state index contributed by atoms with van der Waals surface area (Å²) in [6, 6.07) is 11.5. The van der Waals surface area contributed by atoms with Crippen molar-refractivity contribution in [1.29, 1.82) is 0 Å². The molecule has 3 heterocycles. The van der Waals surface area contributed by atoms with Gasteiger partial charge in [-0.1, -0.05) is 23.4 Å². The molecule has 1 atom stereocenters. The second-order valence-electron chi connectivity index (χ2n) is 7.17. The lowest BCUT2D eigenvalue weighted by Crippen LogP contribution is -2.45. The highest BCUT2D eigenvalue weighted by Crippen LogP contribution is 2.21. The molecule has 0 aliphatic carbocycles. The Morgan fingerprint density at radius 3 is 2.90 bits per heavy atom. The molecule has 1 saturated heterocycles. The van der Waals surface area contributed by atoms with E-state index in [-0.39, 0.29) is 17.8 Å². The van der Waals surface area contributed by atoms with Gasteiger partial charge in [-0.25, -0.2) is 9.18 Å². The van der Waals surface area contributed by atoms with Crippen molar-refractivity contribution in [3.8, 4) is 11.6 Å². The molecule has 0 bridgehead atoms. The van der Waals surface area contributed by atoms with Crippen LogP contribution in [0, 0.1) is 11.7 Å². The second-order valence-corrected chi connectivity index (χ2v) is 7.17. The zero-order valence-electron chi connectivity index (χ0n) is 15.9. The lowest BCUT2D eigenvalue weighted by atomic mass is 9.95. The lowest BCUT2D eigenvalue weighted by Gasteiger charge is -2.32. The number of nitrogens with one attached hydrogen (secondary N) is 1. The number of hydrogen-bond donors (Lipinski definition) is 1. The molecule has 0 radical (unpaired) electrons. The first-order valence-electron chi connectivity index (χ1n) is 9.68. The Morgan fingerprint density at radius 1 is 1.24 bits per heavy atom. The summed E-state index contributed by atoms with van der Waals surface area (Å²) in [6.45, 7) is 1.73. The number of urea groups is 1. The standard InChI is InChI=1S/C21H22FN5O2/c22-17-8-6-15(7-9-17)13-24-21(28)27-11-3-4-16(14-27)12-19-25-20(29-26-19)18-5-1-2-10-23-18/h1-2,5-10,16H,3-4,11-14H2,(H,24,28). The molecule has 1 aliphatic rings. The molecule has 2 amide bonds. The molecule has 8 heteroatoms. The van der Waals surface area contributed by atoms with E-state index in [4.69, 9.17) is 4.52 Å². The fraction of sp³-hybridized carbons (Fsp3) is 0.333. The van der Waals surface area contributed by atoms with Crippen molar-refractivity contribution in [3.05, 3.63) is 65.9 Å². The molecule has 7 nitrogen and oxygen atoms in total. The van der Waals surface area contributed by atoms with Gasteiger partial charge in [0.15, 0.2) is 5.82 Å². The SMILES string of the molecule is O=C(NCc1ccc(F)cc1)N1CCCC(Cc2noc(-c3ccccn3)n2)C1. The third-order valence-electron chi connectivity index (χ3n) is 4.99. The van der Waals surface area contributed by atoms with Crippen LogP contribution in [0.3, 0.4) is 0 Å². The van der Waals surface area contributed by atoms with E-state index in [1.165, 1.54) is 12.1 Å². The third kappa shape index (κ3) is 4.96. The minimum absolute atomic E-state index is 0.110. The zero-order chi connectivity index (χ0) is 20.1. The summed E-state index contributed by atoms with van der Waals surface area (Å²) in [7, 11) is 0. The number of hydrogen-bond acceptors (Lipinski definition) is 5. The maximum absolute atomic E-state index is 13.0. The molecule has 1 N–H and O–H groups in total. The van der Waals surface area contributed by atoms with Crippen LogP contribution in [0.25, 0.3) is 11.6 Å². The van der Waals surface area contributed by atoms with Crippen LogP contribution in [0.4, 0.5) is 9.18 Å². The zero-order valence-corrected chi connectivity index (χ0v) is 15.9. The number of pyridine rings is 1. The first-order valence-corrected chi connectivity index (χ1v) is 9.68. The molecular weight excluding hydrogens is 373 g/mol.